The van der Waals surface area contributed by atoms with E-state index in [1.807, 2.05) is 11.8 Å². The molecule has 1 aliphatic heterocycles. The molecule has 1 heterocycles. The lowest BCUT2D eigenvalue weighted by atomic mass is 9.82. The minimum atomic E-state index is -0.633. The molecule has 2 aliphatic carbocycles. The van der Waals surface area contributed by atoms with Crippen molar-refractivity contribution in [1.82, 2.24) is 5.32 Å². The molecule has 2 spiro atoms. The molecule has 1 atom stereocenters. The lowest BCUT2D eigenvalue weighted by Gasteiger charge is -2.37. The fourth-order valence-corrected chi connectivity index (χ4v) is 6.29. The first-order valence-corrected chi connectivity index (χ1v) is 8.18. The number of nitrogens with one attached hydrogen (secondary N) is 1. The van der Waals surface area contributed by atoms with E-state index in [1.54, 1.807) is 0 Å². The van der Waals surface area contributed by atoms with Gasteiger partial charge in [0.05, 0.1) is 4.87 Å². The van der Waals surface area contributed by atoms with Gasteiger partial charge in [0.2, 0.25) is 0 Å². The Balaban J connectivity index is 1.85. The van der Waals surface area contributed by atoms with E-state index in [0.29, 0.717) is 0 Å². The van der Waals surface area contributed by atoms with Gasteiger partial charge in [-0.05, 0) is 25.7 Å². The van der Waals surface area contributed by atoms with Crippen LogP contribution >= 0.6 is 11.8 Å². The molecule has 3 rings (SSSR count). The molecule has 0 aromatic carbocycles. The normalized spacial score (nSPS) is 33.9. The lowest BCUT2D eigenvalue weighted by molar-refractivity contribution is -0.140. The maximum atomic E-state index is 11.6. The number of carboxylic acids is 1. The fraction of sp³-hybridized carbons (Fsp3) is 0.929. The first-order valence-electron chi connectivity index (χ1n) is 7.37. The predicted molar refractivity (Wildman–Crippen MR) is 73.8 cm³/mol. The number of carboxylic acid groups (broad SMARTS) is 1. The van der Waals surface area contributed by atoms with E-state index in [0.717, 1.165) is 25.7 Å². The van der Waals surface area contributed by atoms with E-state index >= 15 is 0 Å². The first kappa shape index (κ1) is 12.8. The Hall–Kier alpha value is -0.220. The minimum absolute atomic E-state index is 0.0125. The minimum Gasteiger partial charge on any atom is -0.480 e. The van der Waals surface area contributed by atoms with Crippen LogP contribution in [0.25, 0.3) is 0 Å². The smallest absolute Gasteiger partial charge is 0.322 e. The zero-order chi connectivity index (χ0) is 12.6. The van der Waals surface area contributed by atoms with Crippen molar-refractivity contribution < 1.29 is 9.90 Å². The Morgan fingerprint density at radius 1 is 1.00 bits per heavy atom. The molecule has 0 amide bonds. The van der Waals surface area contributed by atoms with Crippen LogP contribution in [0.4, 0.5) is 0 Å². The zero-order valence-electron chi connectivity index (χ0n) is 10.9. The molecule has 0 bridgehead atoms. The van der Waals surface area contributed by atoms with Gasteiger partial charge in [0.1, 0.15) is 6.04 Å². The molecule has 3 aliphatic rings. The molecule has 102 valence electrons. The van der Waals surface area contributed by atoms with Crippen LogP contribution < -0.4 is 5.32 Å². The maximum absolute atomic E-state index is 11.6. The molecule has 3 nitrogen and oxygen atoms in total. The average Bonchev–Trinajstić information content (AvgIpc) is 2.65. The maximum Gasteiger partial charge on any atom is 0.322 e. The van der Waals surface area contributed by atoms with Gasteiger partial charge in [-0.2, -0.15) is 0 Å². The number of rotatable bonds is 1. The van der Waals surface area contributed by atoms with Gasteiger partial charge < -0.3 is 5.11 Å². The number of hydrogen-bond donors (Lipinski definition) is 2. The van der Waals surface area contributed by atoms with E-state index in [9.17, 15) is 9.90 Å². The van der Waals surface area contributed by atoms with Gasteiger partial charge in [-0.15, -0.1) is 11.8 Å². The van der Waals surface area contributed by atoms with E-state index in [4.69, 9.17) is 0 Å². The van der Waals surface area contributed by atoms with E-state index in [1.165, 1.54) is 38.5 Å². The van der Waals surface area contributed by atoms with Crippen molar-refractivity contribution >= 4 is 17.7 Å². The largest absolute Gasteiger partial charge is 0.480 e. The molecule has 0 radical (unpaired) electrons. The second-order valence-corrected chi connectivity index (χ2v) is 8.00. The summed E-state index contributed by atoms with van der Waals surface area (Å²) in [5, 5.41) is 13.1. The van der Waals surface area contributed by atoms with Crippen molar-refractivity contribution in [2.75, 3.05) is 0 Å². The Morgan fingerprint density at radius 2 is 1.56 bits per heavy atom. The quantitative estimate of drug-likeness (QED) is 0.768. The molecule has 2 N–H and O–H groups in total. The van der Waals surface area contributed by atoms with Gasteiger partial charge in [0.15, 0.2) is 0 Å². The lowest BCUT2D eigenvalue weighted by Crippen LogP contribution is -2.51. The highest BCUT2D eigenvalue weighted by molar-refractivity contribution is 8.02. The summed E-state index contributed by atoms with van der Waals surface area (Å²) >= 11 is 2.00. The fourth-order valence-electron chi connectivity index (χ4n) is 4.07. The van der Waals surface area contributed by atoms with Gasteiger partial charge in [-0.1, -0.05) is 38.5 Å². The van der Waals surface area contributed by atoms with Crippen LogP contribution in [0.15, 0.2) is 0 Å². The summed E-state index contributed by atoms with van der Waals surface area (Å²) in [6.45, 7) is 0. The molecule has 1 saturated heterocycles. The van der Waals surface area contributed by atoms with Crippen molar-refractivity contribution in [2.24, 2.45) is 0 Å². The van der Waals surface area contributed by atoms with Gasteiger partial charge >= 0.3 is 5.97 Å². The van der Waals surface area contributed by atoms with Crippen molar-refractivity contribution in [3.63, 3.8) is 0 Å². The molecule has 3 fully saturated rings. The molecule has 0 aromatic heterocycles. The second kappa shape index (κ2) is 4.71. The molecular weight excluding hydrogens is 246 g/mol. The van der Waals surface area contributed by atoms with Gasteiger partial charge in [-0.25, -0.2) is 0 Å². The third kappa shape index (κ3) is 2.07. The molecule has 18 heavy (non-hydrogen) atoms. The highest BCUT2D eigenvalue weighted by atomic mass is 32.2. The Labute approximate surface area is 113 Å². The summed E-state index contributed by atoms with van der Waals surface area (Å²) in [5.74, 6) is -0.633. The van der Waals surface area contributed by atoms with Crippen molar-refractivity contribution in [3.05, 3.63) is 0 Å². The average molecular weight is 269 g/mol. The van der Waals surface area contributed by atoms with Crippen molar-refractivity contribution in [3.8, 4) is 0 Å². The summed E-state index contributed by atoms with van der Waals surface area (Å²) in [7, 11) is 0. The Morgan fingerprint density at radius 3 is 2.11 bits per heavy atom. The van der Waals surface area contributed by atoms with Crippen LogP contribution in [0.2, 0.25) is 0 Å². The van der Waals surface area contributed by atoms with Crippen LogP contribution in [0.3, 0.4) is 0 Å². The molecule has 4 heteroatoms. The topological polar surface area (TPSA) is 49.3 Å². The van der Waals surface area contributed by atoms with Gasteiger partial charge in [0.25, 0.3) is 0 Å². The van der Waals surface area contributed by atoms with Crippen LogP contribution in [0, 0.1) is 0 Å². The highest BCUT2D eigenvalue weighted by Gasteiger charge is 2.57. The summed E-state index contributed by atoms with van der Waals surface area (Å²) < 4.78 is -0.0125. The number of aliphatic carboxylic acids is 1. The van der Waals surface area contributed by atoms with E-state index in [2.05, 4.69) is 5.32 Å². The zero-order valence-corrected chi connectivity index (χ0v) is 11.7. The van der Waals surface area contributed by atoms with Crippen LogP contribution in [0.1, 0.15) is 64.2 Å². The number of carbonyl (C=O) groups is 1. The molecule has 2 saturated carbocycles. The van der Waals surface area contributed by atoms with Crippen molar-refractivity contribution in [1.29, 1.82) is 0 Å². The Kier molecular flexibility index (Phi) is 3.35. The van der Waals surface area contributed by atoms with Crippen LogP contribution in [-0.2, 0) is 4.79 Å². The summed E-state index contributed by atoms with van der Waals surface area (Å²) in [4.78, 5) is 11.7. The third-order valence-electron chi connectivity index (χ3n) is 4.94. The first-order chi connectivity index (χ1) is 8.66. The van der Waals surface area contributed by atoms with Crippen LogP contribution in [-0.4, -0.2) is 26.7 Å². The molecule has 0 aromatic rings. The number of thioether (sulfide) groups is 1. The molecular formula is C14H23NO2S. The van der Waals surface area contributed by atoms with Gasteiger partial charge in [-0.3, -0.25) is 10.1 Å². The summed E-state index contributed by atoms with van der Waals surface area (Å²) in [5.41, 5.74) is 0. The second-order valence-electron chi connectivity index (χ2n) is 6.20. The predicted octanol–water partition coefficient (Wildman–Crippen LogP) is 3.14. The third-order valence-corrected chi connectivity index (χ3v) is 6.91. The van der Waals surface area contributed by atoms with E-state index < -0.39 is 5.97 Å². The van der Waals surface area contributed by atoms with Crippen LogP contribution in [0.5, 0.6) is 0 Å². The molecule has 1 unspecified atom stereocenters. The summed E-state index contributed by atoms with van der Waals surface area (Å²) in [6, 6.07) is -0.319. The van der Waals surface area contributed by atoms with E-state index in [-0.39, 0.29) is 15.7 Å². The van der Waals surface area contributed by atoms with Gasteiger partial charge in [0, 0.05) is 4.75 Å². The summed E-state index contributed by atoms with van der Waals surface area (Å²) in [6.07, 6.45) is 12.0. The Bertz CT molecular complexity index is 333. The number of hydrogen-bond acceptors (Lipinski definition) is 3. The SMILES string of the molecule is O=C(O)C1NC2(CCCCC2)SC12CCCCC2. The standard InChI is InChI=1S/C14H23NO2S/c16-12(17)11-13(7-3-1-4-8-13)18-14(15-11)9-5-2-6-10-14/h11,15H,1-10H2,(H,16,17). The highest BCUT2D eigenvalue weighted by Crippen LogP contribution is 2.56. The van der Waals surface area contributed by atoms with Crippen molar-refractivity contribution in [2.45, 2.75) is 79.9 Å². The monoisotopic (exact) mass is 269 g/mol.